The van der Waals surface area contributed by atoms with E-state index in [1.807, 2.05) is 0 Å². The second-order valence-electron chi connectivity index (χ2n) is 3.87. The van der Waals surface area contributed by atoms with Gasteiger partial charge >= 0.3 is 0 Å². The summed E-state index contributed by atoms with van der Waals surface area (Å²) >= 11 is 5.95. The van der Waals surface area contributed by atoms with Crippen LogP contribution in [0.3, 0.4) is 0 Å². The third-order valence-corrected chi connectivity index (χ3v) is 2.84. The number of aromatic nitrogens is 3. The van der Waals surface area contributed by atoms with Crippen LogP contribution < -0.4 is 5.32 Å². The van der Waals surface area contributed by atoms with E-state index in [2.05, 4.69) is 15.4 Å². The molecule has 1 N–H and O–H groups in total. The lowest BCUT2D eigenvalue weighted by atomic mass is 10.2. The van der Waals surface area contributed by atoms with E-state index < -0.39 is 6.10 Å². The van der Waals surface area contributed by atoms with Crippen molar-refractivity contribution in [1.29, 1.82) is 0 Å². The Morgan fingerprint density at radius 1 is 1.53 bits per heavy atom. The number of benzene rings is 1. The monoisotopic (exact) mass is 280 g/mol. The van der Waals surface area contributed by atoms with Crippen LogP contribution in [0.5, 0.6) is 0 Å². The molecular weight excluding hydrogens is 268 g/mol. The second-order valence-corrected chi connectivity index (χ2v) is 4.31. The zero-order chi connectivity index (χ0) is 13.8. The minimum atomic E-state index is -0.553. The number of anilines is 1. The van der Waals surface area contributed by atoms with Crippen LogP contribution in [0.15, 0.2) is 30.9 Å². The molecule has 0 aliphatic heterocycles. The molecular formula is C12H13ClN4O2. The average Bonchev–Trinajstić information content (AvgIpc) is 2.91. The summed E-state index contributed by atoms with van der Waals surface area (Å²) in [6.07, 6.45) is 2.40. The molecule has 7 heteroatoms. The molecule has 2 aromatic rings. The van der Waals surface area contributed by atoms with Crippen molar-refractivity contribution in [2.45, 2.75) is 13.0 Å². The number of methoxy groups -OCH3 is 1. The van der Waals surface area contributed by atoms with Crippen LogP contribution in [0, 0.1) is 0 Å². The Balaban J connectivity index is 2.33. The lowest BCUT2D eigenvalue weighted by molar-refractivity contribution is -0.124. The van der Waals surface area contributed by atoms with Gasteiger partial charge in [-0.15, -0.1) is 0 Å². The Labute approximate surface area is 115 Å². The fourth-order valence-electron chi connectivity index (χ4n) is 1.48. The number of carbonyl (C=O) groups excluding carboxylic acids is 1. The van der Waals surface area contributed by atoms with Gasteiger partial charge in [-0.1, -0.05) is 11.6 Å². The third kappa shape index (κ3) is 3.10. The van der Waals surface area contributed by atoms with Gasteiger partial charge < -0.3 is 10.1 Å². The number of rotatable bonds is 4. The van der Waals surface area contributed by atoms with Crippen LogP contribution in [-0.4, -0.2) is 33.9 Å². The first kappa shape index (κ1) is 13.5. The molecule has 100 valence electrons. The standard InChI is InChI=1S/C12H13ClN4O2/c1-8(19-2)12(18)16-10-5-9(13)3-4-11(10)17-7-14-6-15-17/h3-8H,1-2H3,(H,16,18). The molecule has 0 aliphatic rings. The minimum absolute atomic E-state index is 0.258. The van der Waals surface area contributed by atoms with E-state index in [1.165, 1.54) is 13.4 Å². The molecule has 2 rings (SSSR count). The van der Waals surface area contributed by atoms with E-state index in [0.717, 1.165) is 0 Å². The molecule has 0 saturated heterocycles. The fraction of sp³-hybridized carbons (Fsp3) is 0.250. The van der Waals surface area contributed by atoms with Crippen LogP contribution in [-0.2, 0) is 9.53 Å². The first-order valence-corrected chi connectivity index (χ1v) is 5.98. The lowest BCUT2D eigenvalue weighted by Gasteiger charge is -2.14. The van der Waals surface area contributed by atoms with E-state index in [9.17, 15) is 4.79 Å². The highest BCUT2D eigenvalue weighted by Gasteiger charge is 2.15. The molecule has 0 fully saturated rings. The molecule has 1 heterocycles. The normalized spacial score (nSPS) is 12.2. The number of nitrogens with one attached hydrogen (secondary N) is 1. The molecule has 0 saturated carbocycles. The number of hydrogen-bond donors (Lipinski definition) is 1. The van der Waals surface area contributed by atoms with Crippen molar-refractivity contribution in [2.24, 2.45) is 0 Å². The van der Waals surface area contributed by atoms with Crippen LogP contribution in [0.25, 0.3) is 5.69 Å². The van der Waals surface area contributed by atoms with Crippen molar-refractivity contribution in [1.82, 2.24) is 14.8 Å². The predicted octanol–water partition coefficient (Wildman–Crippen LogP) is 1.89. The van der Waals surface area contributed by atoms with Crippen molar-refractivity contribution >= 4 is 23.2 Å². The van der Waals surface area contributed by atoms with Crippen molar-refractivity contribution in [3.05, 3.63) is 35.9 Å². The van der Waals surface area contributed by atoms with E-state index in [1.54, 1.807) is 36.1 Å². The van der Waals surface area contributed by atoms with Gasteiger partial charge in [0, 0.05) is 12.1 Å². The highest BCUT2D eigenvalue weighted by Crippen LogP contribution is 2.24. The van der Waals surface area contributed by atoms with Gasteiger partial charge in [-0.05, 0) is 25.1 Å². The number of halogens is 1. The summed E-state index contributed by atoms with van der Waals surface area (Å²) in [5.41, 5.74) is 1.23. The van der Waals surface area contributed by atoms with E-state index in [4.69, 9.17) is 16.3 Å². The highest BCUT2D eigenvalue weighted by molar-refractivity contribution is 6.31. The summed E-state index contributed by atoms with van der Waals surface area (Å²) < 4.78 is 6.51. The Kier molecular flexibility index (Phi) is 4.13. The van der Waals surface area contributed by atoms with Gasteiger partial charge in [0.15, 0.2) is 0 Å². The van der Waals surface area contributed by atoms with E-state index in [0.29, 0.717) is 16.4 Å². The van der Waals surface area contributed by atoms with E-state index >= 15 is 0 Å². The van der Waals surface area contributed by atoms with Gasteiger partial charge in [-0.3, -0.25) is 4.79 Å². The average molecular weight is 281 g/mol. The van der Waals surface area contributed by atoms with Gasteiger partial charge in [-0.2, -0.15) is 5.10 Å². The number of nitrogens with zero attached hydrogens (tertiary/aromatic N) is 3. The molecule has 6 nitrogen and oxygen atoms in total. The zero-order valence-corrected chi connectivity index (χ0v) is 11.3. The Bertz CT molecular complexity index is 571. The SMILES string of the molecule is COC(C)C(=O)Nc1cc(Cl)ccc1-n1cncn1. The van der Waals surface area contributed by atoms with Crippen LogP contribution in [0.4, 0.5) is 5.69 Å². The summed E-state index contributed by atoms with van der Waals surface area (Å²) in [5, 5.41) is 7.30. The fourth-order valence-corrected chi connectivity index (χ4v) is 1.65. The van der Waals surface area contributed by atoms with Gasteiger partial charge in [-0.25, -0.2) is 9.67 Å². The molecule has 1 aromatic heterocycles. The van der Waals surface area contributed by atoms with Crippen molar-refractivity contribution in [3.63, 3.8) is 0 Å². The maximum absolute atomic E-state index is 11.9. The van der Waals surface area contributed by atoms with Crippen molar-refractivity contribution in [2.75, 3.05) is 12.4 Å². The maximum Gasteiger partial charge on any atom is 0.253 e. The van der Waals surface area contributed by atoms with Gasteiger partial charge in [0.25, 0.3) is 5.91 Å². The number of hydrogen-bond acceptors (Lipinski definition) is 4. The summed E-state index contributed by atoms with van der Waals surface area (Å²) in [5.74, 6) is -0.258. The molecule has 1 unspecified atom stereocenters. The lowest BCUT2D eigenvalue weighted by Crippen LogP contribution is -2.27. The molecule has 0 bridgehead atoms. The van der Waals surface area contributed by atoms with Crippen LogP contribution in [0.2, 0.25) is 5.02 Å². The van der Waals surface area contributed by atoms with E-state index in [-0.39, 0.29) is 5.91 Å². The Morgan fingerprint density at radius 3 is 2.95 bits per heavy atom. The molecule has 0 aliphatic carbocycles. The van der Waals surface area contributed by atoms with Gasteiger partial charge in [0.05, 0.1) is 11.4 Å². The topological polar surface area (TPSA) is 69.0 Å². The largest absolute Gasteiger partial charge is 0.372 e. The first-order chi connectivity index (χ1) is 9.11. The van der Waals surface area contributed by atoms with Gasteiger partial charge in [0.2, 0.25) is 0 Å². The summed E-state index contributed by atoms with van der Waals surface area (Å²) in [6.45, 7) is 1.66. The summed E-state index contributed by atoms with van der Waals surface area (Å²) in [7, 11) is 1.47. The number of ether oxygens (including phenoxy) is 1. The highest BCUT2D eigenvalue weighted by atomic mass is 35.5. The van der Waals surface area contributed by atoms with Crippen molar-refractivity contribution < 1.29 is 9.53 Å². The van der Waals surface area contributed by atoms with Crippen LogP contribution >= 0.6 is 11.6 Å². The molecule has 1 atom stereocenters. The summed E-state index contributed by atoms with van der Waals surface area (Å²) in [6, 6.07) is 5.12. The number of amides is 1. The Morgan fingerprint density at radius 2 is 2.32 bits per heavy atom. The molecule has 0 radical (unpaired) electrons. The predicted molar refractivity (Wildman–Crippen MR) is 71.5 cm³/mol. The number of carbonyl (C=O) groups is 1. The van der Waals surface area contributed by atoms with Crippen molar-refractivity contribution in [3.8, 4) is 5.69 Å². The summed E-state index contributed by atoms with van der Waals surface area (Å²) in [4.78, 5) is 15.7. The molecule has 1 aromatic carbocycles. The smallest absolute Gasteiger partial charge is 0.253 e. The van der Waals surface area contributed by atoms with Gasteiger partial charge in [0.1, 0.15) is 18.8 Å². The quantitative estimate of drug-likeness (QED) is 0.929. The molecule has 1 amide bonds. The maximum atomic E-state index is 11.9. The van der Waals surface area contributed by atoms with Crippen LogP contribution in [0.1, 0.15) is 6.92 Å². The second kappa shape index (κ2) is 5.81. The third-order valence-electron chi connectivity index (χ3n) is 2.60. The Hall–Kier alpha value is -1.92. The molecule has 0 spiro atoms. The molecule has 19 heavy (non-hydrogen) atoms. The first-order valence-electron chi connectivity index (χ1n) is 5.60. The minimum Gasteiger partial charge on any atom is -0.372 e. The zero-order valence-electron chi connectivity index (χ0n) is 10.5.